The number of amides is 3. The highest BCUT2D eigenvalue weighted by Crippen LogP contribution is 2.45. The molecule has 8 nitrogen and oxygen atoms in total. The molecule has 0 saturated carbocycles. The van der Waals surface area contributed by atoms with E-state index in [0.29, 0.717) is 16.1 Å². The lowest BCUT2D eigenvalue weighted by atomic mass is 9.85. The molecular weight excluding hydrogens is 576 g/mol. The number of benzene rings is 1. The Hall–Kier alpha value is -3.88. The highest BCUT2D eigenvalue weighted by atomic mass is 32.1. The number of nitrogens with one attached hydrogen (secondary N) is 1. The molecule has 0 spiro atoms. The number of likely N-dealkylation sites (tertiary alicyclic amines) is 1. The van der Waals surface area contributed by atoms with Gasteiger partial charge in [-0.15, -0.1) is 13.2 Å². The number of rotatable bonds is 6. The largest absolute Gasteiger partial charge is 0.573 e. The van der Waals surface area contributed by atoms with Crippen molar-refractivity contribution in [2.24, 2.45) is 5.73 Å². The Morgan fingerprint density at radius 2 is 1.80 bits per heavy atom. The predicted molar refractivity (Wildman–Crippen MR) is 138 cm³/mol. The topological polar surface area (TPSA) is 110 Å². The molecule has 1 atom stereocenters. The van der Waals surface area contributed by atoms with Crippen molar-refractivity contribution in [1.29, 1.82) is 0 Å². The van der Waals surface area contributed by atoms with E-state index in [0.717, 1.165) is 36.2 Å². The van der Waals surface area contributed by atoms with Gasteiger partial charge in [-0.25, -0.2) is 9.78 Å². The Kier molecular flexibility index (Phi) is 7.71. The number of aryl methyl sites for hydroxylation is 1. The number of para-hydroxylation sites is 1. The van der Waals surface area contributed by atoms with Gasteiger partial charge in [0.25, 0.3) is 0 Å². The van der Waals surface area contributed by atoms with Crippen LogP contribution in [-0.2, 0) is 15.7 Å². The van der Waals surface area contributed by atoms with E-state index in [4.69, 9.17) is 5.73 Å². The molecule has 0 bridgehead atoms. The lowest BCUT2D eigenvalue weighted by Gasteiger charge is -2.36. The monoisotopic (exact) mass is 601 g/mol. The average molecular weight is 602 g/mol. The van der Waals surface area contributed by atoms with E-state index in [1.807, 2.05) is 0 Å². The van der Waals surface area contributed by atoms with E-state index in [1.165, 1.54) is 36.5 Å². The summed E-state index contributed by atoms with van der Waals surface area (Å²) in [5, 5.41) is 2.62. The number of alkyl halides is 6. The van der Waals surface area contributed by atoms with Crippen LogP contribution in [0, 0.1) is 6.92 Å². The molecule has 1 aromatic carbocycles. The second-order valence-corrected chi connectivity index (χ2v) is 10.9. The van der Waals surface area contributed by atoms with Crippen LogP contribution in [0.15, 0.2) is 42.6 Å². The van der Waals surface area contributed by atoms with Crippen molar-refractivity contribution in [3.05, 3.63) is 59.5 Å². The predicted octanol–water partition coefficient (Wildman–Crippen LogP) is 6.26. The summed E-state index contributed by atoms with van der Waals surface area (Å²) >= 11 is 0.974. The molecule has 1 saturated heterocycles. The molecule has 3 heterocycles. The number of nitrogens with two attached hydrogens (primary N) is 1. The fraction of sp³-hybridized carbons (Fsp3) is 0.385. The third-order valence-corrected chi connectivity index (χ3v) is 8.10. The summed E-state index contributed by atoms with van der Waals surface area (Å²) in [7, 11) is 0. The number of hydrogen-bond acceptors (Lipinski definition) is 6. The van der Waals surface area contributed by atoms with E-state index in [1.54, 1.807) is 6.92 Å². The number of nitrogens with zero attached hydrogens (tertiary/aromatic N) is 3. The van der Waals surface area contributed by atoms with Crippen molar-refractivity contribution in [3.8, 4) is 16.2 Å². The van der Waals surface area contributed by atoms with Crippen LogP contribution in [0.3, 0.4) is 0 Å². The number of pyridine rings is 1. The van der Waals surface area contributed by atoms with Crippen LogP contribution in [0.25, 0.3) is 10.4 Å². The molecule has 0 aliphatic carbocycles. The number of primary amides is 1. The minimum atomic E-state index is -5.06. The maximum absolute atomic E-state index is 13.6. The summed E-state index contributed by atoms with van der Waals surface area (Å²) in [6.07, 6.45) is -8.15. The van der Waals surface area contributed by atoms with Gasteiger partial charge in [0.05, 0.1) is 16.3 Å². The number of halogens is 6. The first-order valence-electron chi connectivity index (χ1n) is 12.2. The van der Waals surface area contributed by atoms with E-state index in [9.17, 15) is 35.9 Å². The van der Waals surface area contributed by atoms with Crippen molar-refractivity contribution in [2.75, 3.05) is 11.9 Å². The van der Waals surface area contributed by atoms with Crippen molar-refractivity contribution < 1.29 is 40.7 Å². The van der Waals surface area contributed by atoms with Crippen LogP contribution in [0.5, 0.6) is 5.75 Å². The van der Waals surface area contributed by atoms with Crippen LogP contribution in [0.4, 0.5) is 36.3 Å². The molecule has 0 radical (unpaired) electrons. The molecule has 1 aliphatic heterocycles. The maximum atomic E-state index is 13.6. The van der Waals surface area contributed by atoms with E-state index in [2.05, 4.69) is 20.0 Å². The number of aromatic nitrogens is 2. The maximum Gasteiger partial charge on any atom is 0.573 e. The van der Waals surface area contributed by atoms with Gasteiger partial charge >= 0.3 is 18.6 Å². The van der Waals surface area contributed by atoms with Crippen LogP contribution < -0.4 is 15.8 Å². The Labute approximate surface area is 234 Å². The molecule has 1 aliphatic rings. The summed E-state index contributed by atoms with van der Waals surface area (Å²) in [4.78, 5) is 35.9. The number of ether oxygens (including phenoxy) is 1. The van der Waals surface area contributed by atoms with E-state index in [-0.39, 0.29) is 35.8 Å². The highest BCUT2D eigenvalue weighted by molar-refractivity contribution is 7.19. The highest BCUT2D eigenvalue weighted by Gasteiger charge is 2.53. The van der Waals surface area contributed by atoms with Crippen molar-refractivity contribution >= 4 is 28.4 Å². The Morgan fingerprint density at radius 1 is 1.12 bits per heavy atom. The molecule has 3 N–H and O–H groups in total. The Bertz CT molecular complexity index is 1470. The van der Waals surface area contributed by atoms with Crippen molar-refractivity contribution in [3.63, 3.8) is 0 Å². The van der Waals surface area contributed by atoms with Gasteiger partial charge < -0.3 is 15.4 Å². The first kappa shape index (κ1) is 30.1. The number of carbonyl (C=O) groups is 2. The van der Waals surface area contributed by atoms with Gasteiger partial charge in [-0.1, -0.05) is 29.5 Å². The van der Waals surface area contributed by atoms with Crippen LogP contribution in [-0.4, -0.2) is 45.9 Å². The van der Waals surface area contributed by atoms with Gasteiger partial charge in [-0.3, -0.25) is 15.1 Å². The molecule has 3 amide bonds. The second kappa shape index (κ2) is 10.5. The summed E-state index contributed by atoms with van der Waals surface area (Å²) in [5.41, 5.74) is 1.92. The molecule has 3 aromatic rings. The number of hydrogen-bond donors (Lipinski definition) is 2. The fourth-order valence-corrected chi connectivity index (χ4v) is 5.67. The normalized spacial score (nSPS) is 17.9. The lowest BCUT2D eigenvalue weighted by molar-refractivity contribution is -0.275. The Balaban J connectivity index is 1.66. The third-order valence-electron chi connectivity index (χ3n) is 6.97. The van der Waals surface area contributed by atoms with Gasteiger partial charge in [0, 0.05) is 18.3 Å². The quantitative estimate of drug-likeness (QED) is 0.324. The summed E-state index contributed by atoms with van der Waals surface area (Å²) in [5.74, 6) is -1.71. The smallest absolute Gasteiger partial charge is 0.405 e. The molecule has 41 heavy (non-hydrogen) atoms. The average Bonchev–Trinajstić information content (AvgIpc) is 3.47. The molecule has 4 rings (SSSR count). The molecule has 1 unspecified atom stereocenters. The molecule has 15 heteroatoms. The van der Waals surface area contributed by atoms with E-state index >= 15 is 0 Å². The number of carbonyl (C=O) groups excluding carboxylic acids is 2. The number of urea groups is 1. The number of anilines is 1. The SMILES string of the molecule is Cc1nc(NC(=O)N2CCCC2(C(N)=O)c2ccccc2OC(F)(F)F)sc1-c1ccnc(C(C)(C)C(F)(F)F)c1. The second-order valence-electron chi connectivity index (χ2n) is 9.94. The standard InChI is InChI=1S/C26H25F6N5O3S/c1-14-19(15-9-11-34-18(13-15)23(2,3)25(27,28)29)41-21(35-14)36-22(39)37-12-6-10-24(37,20(33)38)16-7-4-5-8-17(16)40-26(30,31)32/h4-5,7-9,11,13H,6,10,12H2,1-3H3,(H2,33,38)(H,35,36,39). The summed E-state index contributed by atoms with van der Waals surface area (Å²) < 4.78 is 84.2. The fourth-order valence-electron chi connectivity index (χ4n) is 4.72. The Morgan fingerprint density at radius 3 is 2.44 bits per heavy atom. The zero-order chi connectivity index (χ0) is 30.4. The van der Waals surface area contributed by atoms with Gasteiger partial charge in [-0.05, 0) is 57.4 Å². The third kappa shape index (κ3) is 5.67. The molecular formula is C26H25F6N5O3S. The van der Waals surface area contributed by atoms with E-state index < -0.39 is 41.2 Å². The minimum Gasteiger partial charge on any atom is -0.405 e. The minimum absolute atomic E-state index is 0.00736. The van der Waals surface area contributed by atoms with Gasteiger partial charge in [0.2, 0.25) is 5.91 Å². The van der Waals surface area contributed by atoms with Crippen molar-refractivity contribution in [1.82, 2.24) is 14.9 Å². The molecule has 220 valence electrons. The molecule has 1 fully saturated rings. The van der Waals surface area contributed by atoms with Crippen LogP contribution in [0.1, 0.15) is 43.6 Å². The number of thiazole rings is 1. The van der Waals surface area contributed by atoms with Crippen LogP contribution >= 0.6 is 11.3 Å². The zero-order valence-corrected chi connectivity index (χ0v) is 22.8. The first-order valence-corrected chi connectivity index (χ1v) is 13.0. The van der Waals surface area contributed by atoms with Gasteiger partial charge in [0.1, 0.15) is 11.2 Å². The first-order chi connectivity index (χ1) is 19.0. The van der Waals surface area contributed by atoms with Crippen LogP contribution in [0.2, 0.25) is 0 Å². The summed E-state index contributed by atoms with van der Waals surface area (Å²) in [6, 6.07) is 6.93. The lowest BCUT2D eigenvalue weighted by Crippen LogP contribution is -2.55. The van der Waals surface area contributed by atoms with Gasteiger partial charge in [-0.2, -0.15) is 13.2 Å². The molecule has 2 aromatic heterocycles. The van der Waals surface area contributed by atoms with Gasteiger partial charge in [0.15, 0.2) is 10.7 Å². The summed E-state index contributed by atoms with van der Waals surface area (Å²) in [6.45, 7) is 3.63. The van der Waals surface area contributed by atoms with Crippen molar-refractivity contribution in [2.45, 2.75) is 57.1 Å². The zero-order valence-electron chi connectivity index (χ0n) is 22.0.